The molecule has 1 aromatic carbocycles. The van der Waals surface area contributed by atoms with E-state index in [-0.39, 0.29) is 5.41 Å². The van der Waals surface area contributed by atoms with Crippen molar-refractivity contribution in [3.05, 3.63) is 28.8 Å². The van der Waals surface area contributed by atoms with E-state index in [0.29, 0.717) is 0 Å². The van der Waals surface area contributed by atoms with Crippen LogP contribution < -0.4 is 4.74 Å². The van der Waals surface area contributed by atoms with Crippen LogP contribution in [0.3, 0.4) is 0 Å². The number of hydrogen-bond donors (Lipinski definition) is 0. The van der Waals surface area contributed by atoms with Gasteiger partial charge in [-0.05, 0) is 23.5 Å². The molecule has 0 fully saturated rings. The molecule has 78 valence electrons. The molecule has 1 nitrogen and oxygen atoms in total. The Morgan fingerprint density at radius 2 is 1.93 bits per heavy atom. The van der Waals surface area contributed by atoms with Crippen LogP contribution in [0, 0.1) is 5.41 Å². The second kappa shape index (κ2) is 4.22. The molecule has 0 atom stereocenters. The van der Waals surface area contributed by atoms with E-state index in [9.17, 15) is 0 Å². The molecule has 0 aliphatic carbocycles. The Labute approximate surface area is 91.0 Å². The standard InChI is InChI=1S/C12H17ClO/c1-12(2,3)8-9-6-5-7-10(14-4)11(9)13/h5-7H,8H2,1-4H3. The van der Waals surface area contributed by atoms with Crippen molar-refractivity contribution in [3.8, 4) is 5.75 Å². The molecule has 0 N–H and O–H groups in total. The fourth-order valence-corrected chi connectivity index (χ4v) is 1.69. The van der Waals surface area contributed by atoms with Gasteiger partial charge in [0.2, 0.25) is 0 Å². The second-order valence-corrected chi connectivity index (χ2v) is 5.05. The molecule has 0 radical (unpaired) electrons. The molecule has 0 aliphatic heterocycles. The van der Waals surface area contributed by atoms with Gasteiger partial charge in [0, 0.05) is 0 Å². The smallest absolute Gasteiger partial charge is 0.137 e. The first-order valence-corrected chi connectivity index (χ1v) is 5.13. The average Bonchev–Trinajstić information content (AvgIpc) is 2.06. The minimum Gasteiger partial charge on any atom is -0.495 e. The molecule has 0 bridgehead atoms. The molecule has 0 saturated carbocycles. The summed E-state index contributed by atoms with van der Waals surface area (Å²) in [4.78, 5) is 0. The van der Waals surface area contributed by atoms with Crippen LogP contribution in [0.5, 0.6) is 5.75 Å². The summed E-state index contributed by atoms with van der Waals surface area (Å²) < 4.78 is 5.17. The third kappa shape index (κ3) is 2.91. The molecule has 0 aromatic heterocycles. The van der Waals surface area contributed by atoms with Gasteiger partial charge in [0.1, 0.15) is 5.75 Å². The monoisotopic (exact) mass is 212 g/mol. The van der Waals surface area contributed by atoms with Crippen LogP contribution >= 0.6 is 11.6 Å². The van der Waals surface area contributed by atoms with Gasteiger partial charge >= 0.3 is 0 Å². The van der Waals surface area contributed by atoms with E-state index in [0.717, 1.165) is 22.8 Å². The lowest BCUT2D eigenvalue weighted by Gasteiger charge is -2.19. The van der Waals surface area contributed by atoms with E-state index in [1.165, 1.54) is 0 Å². The summed E-state index contributed by atoms with van der Waals surface area (Å²) in [6.07, 6.45) is 0.961. The van der Waals surface area contributed by atoms with E-state index < -0.39 is 0 Å². The summed E-state index contributed by atoms with van der Waals surface area (Å²) >= 11 is 6.19. The normalized spacial score (nSPS) is 11.5. The van der Waals surface area contributed by atoms with Gasteiger partial charge in [0.25, 0.3) is 0 Å². The summed E-state index contributed by atoms with van der Waals surface area (Å²) in [5, 5.41) is 0.741. The molecule has 14 heavy (non-hydrogen) atoms. The Morgan fingerprint density at radius 1 is 1.29 bits per heavy atom. The second-order valence-electron chi connectivity index (χ2n) is 4.67. The largest absolute Gasteiger partial charge is 0.495 e. The number of rotatable bonds is 2. The van der Waals surface area contributed by atoms with E-state index in [1.54, 1.807) is 7.11 Å². The van der Waals surface area contributed by atoms with Crippen molar-refractivity contribution in [2.24, 2.45) is 5.41 Å². The summed E-state index contributed by atoms with van der Waals surface area (Å²) in [6.45, 7) is 6.59. The first-order chi connectivity index (χ1) is 6.44. The molecule has 0 heterocycles. The summed E-state index contributed by atoms with van der Waals surface area (Å²) in [7, 11) is 1.64. The van der Waals surface area contributed by atoms with Crippen molar-refractivity contribution in [1.29, 1.82) is 0 Å². The van der Waals surface area contributed by atoms with Crippen molar-refractivity contribution in [2.75, 3.05) is 7.11 Å². The number of ether oxygens (including phenoxy) is 1. The van der Waals surface area contributed by atoms with Gasteiger partial charge in [-0.25, -0.2) is 0 Å². The first-order valence-electron chi connectivity index (χ1n) is 4.75. The van der Waals surface area contributed by atoms with Crippen molar-refractivity contribution in [3.63, 3.8) is 0 Å². The van der Waals surface area contributed by atoms with Gasteiger partial charge in [-0.2, -0.15) is 0 Å². The van der Waals surface area contributed by atoms with Crippen LogP contribution in [0.25, 0.3) is 0 Å². The third-order valence-electron chi connectivity index (χ3n) is 1.98. The Balaban J connectivity index is 2.98. The Kier molecular flexibility index (Phi) is 3.43. The van der Waals surface area contributed by atoms with Crippen LogP contribution in [0.1, 0.15) is 26.3 Å². The van der Waals surface area contributed by atoms with Crippen LogP contribution in [-0.4, -0.2) is 7.11 Å². The first kappa shape index (κ1) is 11.4. The molecule has 2 heteroatoms. The Bertz CT molecular complexity index is 313. The van der Waals surface area contributed by atoms with Crippen LogP contribution in [0.2, 0.25) is 5.02 Å². The highest BCUT2D eigenvalue weighted by Crippen LogP contribution is 2.32. The highest BCUT2D eigenvalue weighted by Gasteiger charge is 2.15. The number of benzene rings is 1. The zero-order chi connectivity index (χ0) is 10.8. The quantitative estimate of drug-likeness (QED) is 0.722. The summed E-state index contributed by atoms with van der Waals surface area (Å²) in [5.74, 6) is 0.758. The van der Waals surface area contributed by atoms with Gasteiger partial charge in [-0.1, -0.05) is 44.5 Å². The zero-order valence-electron chi connectivity index (χ0n) is 9.23. The summed E-state index contributed by atoms with van der Waals surface area (Å²) in [6, 6.07) is 5.91. The molecule has 1 rings (SSSR count). The molecule has 0 saturated heterocycles. The lowest BCUT2D eigenvalue weighted by Crippen LogP contribution is -2.09. The average molecular weight is 213 g/mol. The van der Waals surface area contributed by atoms with Crippen molar-refractivity contribution < 1.29 is 4.74 Å². The maximum Gasteiger partial charge on any atom is 0.137 e. The predicted molar refractivity (Wildman–Crippen MR) is 61.2 cm³/mol. The van der Waals surface area contributed by atoms with E-state index in [4.69, 9.17) is 16.3 Å². The lowest BCUT2D eigenvalue weighted by molar-refractivity contribution is 0.402. The van der Waals surface area contributed by atoms with Gasteiger partial charge in [-0.15, -0.1) is 0 Å². The SMILES string of the molecule is COc1cccc(CC(C)(C)C)c1Cl. The highest BCUT2D eigenvalue weighted by atomic mass is 35.5. The van der Waals surface area contributed by atoms with Gasteiger partial charge < -0.3 is 4.74 Å². The van der Waals surface area contributed by atoms with Gasteiger partial charge in [0.15, 0.2) is 0 Å². The fraction of sp³-hybridized carbons (Fsp3) is 0.500. The van der Waals surface area contributed by atoms with E-state index >= 15 is 0 Å². The lowest BCUT2D eigenvalue weighted by atomic mass is 9.88. The van der Waals surface area contributed by atoms with E-state index in [2.05, 4.69) is 26.8 Å². The predicted octanol–water partition coefficient (Wildman–Crippen LogP) is 3.94. The minimum absolute atomic E-state index is 0.246. The van der Waals surface area contributed by atoms with Crippen molar-refractivity contribution in [2.45, 2.75) is 27.2 Å². The molecule has 0 spiro atoms. The number of halogens is 1. The molecular formula is C12H17ClO. The van der Waals surface area contributed by atoms with Crippen LogP contribution in [0.4, 0.5) is 0 Å². The van der Waals surface area contributed by atoms with E-state index in [1.807, 2.05) is 12.1 Å². The topological polar surface area (TPSA) is 9.23 Å². The number of hydrogen-bond acceptors (Lipinski definition) is 1. The summed E-state index contributed by atoms with van der Waals surface area (Å²) in [5.41, 5.74) is 1.40. The maximum absolute atomic E-state index is 6.19. The third-order valence-corrected chi connectivity index (χ3v) is 2.41. The fourth-order valence-electron chi connectivity index (χ4n) is 1.42. The minimum atomic E-state index is 0.246. The highest BCUT2D eigenvalue weighted by molar-refractivity contribution is 6.32. The maximum atomic E-state index is 6.19. The molecule has 0 amide bonds. The number of methoxy groups -OCH3 is 1. The zero-order valence-corrected chi connectivity index (χ0v) is 9.98. The Hall–Kier alpha value is -0.690. The molecule has 0 aliphatic rings. The van der Waals surface area contributed by atoms with Gasteiger partial charge in [-0.3, -0.25) is 0 Å². The molecular weight excluding hydrogens is 196 g/mol. The molecule has 1 aromatic rings. The molecule has 0 unspecified atom stereocenters. The Morgan fingerprint density at radius 3 is 2.43 bits per heavy atom. The van der Waals surface area contributed by atoms with Crippen molar-refractivity contribution in [1.82, 2.24) is 0 Å². The van der Waals surface area contributed by atoms with Crippen molar-refractivity contribution >= 4 is 11.6 Å². The van der Waals surface area contributed by atoms with Crippen LogP contribution in [-0.2, 0) is 6.42 Å². The van der Waals surface area contributed by atoms with Gasteiger partial charge in [0.05, 0.1) is 12.1 Å². The van der Waals surface area contributed by atoms with Crippen LogP contribution in [0.15, 0.2) is 18.2 Å².